The highest BCUT2D eigenvalue weighted by molar-refractivity contribution is 5.69. The smallest absolute Gasteiger partial charge is 0.440 e. The molecule has 0 aliphatic rings. The summed E-state index contributed by atoms with van der Waals surface area (Å²) in [4.78, 5) is 26.0. The van der Waals surface area contributed by atoms with Crippen LogP contribution in [-0.4, -0.2) is 33.9 Å². The van der Waals surface area contributed by atoms with Crippen molar-refractivity contribution >= 4 is 12.1 Å². The molecule has 0 aliphatic carbocycles. The standard InChI is InChI=1S/C10H11NO5/c12-9(13)6-7-11(10(14)15)16-8-4-2-1-3-5-8/h1-5H,6-7H2,(H,12,13)(H,14,15). The molecule has 2 N–H and O–H groups in total. The second-order valence-electron chi connectivity index (χ2n) is 2.93. The Kier molecular flexibility index (Phi) is 4.14. The molecule has 1 amide bonds. The predicted octanol–water partition coefficient (Wildman–Crippen LogP) is 1.44. The summed E-state index contributed by atoms with van der Waals surface area (Å²) < 4.78 is 0. The fourth-order valence-electron chi connectivity index (χ4n) is 0.986. The first-order valence-corrected chi connectivity index (χ1v) is 4.55. The Morgan fingerprint density at radius 3 is 2.31 bits per heavy atom. The third-order valence-corrected chi connectivity index (χ3v) is 1.70. The maximum absolute atomic E-state index is 10.7. The number of para-hydroxylation sites is 1. The minimum Gasteiger partial charge on any atom is -0.481 e. The highest BCUT2D eigenvalue weighted by Crippen LogP contribution is 2.10. The largest absolute Gasteiger partial charge is 0.481 e. The first kappa shape index (κ1) is 11.8. The van der Waals surface area contributed by atoms with Crippen molar-refractivity contribution < 1.29 is 24.6 Å². The number of hydrogen-bond acceptors (Lipinski definition) is 3. The molecule has 0 saturated carbocycles. The maximum Gasteiger partial charge on any atom is 0.440 e. The van der Waals surface area contributed by atoms with Crippen molar-refractivity contribution in [1.82, 2.24) is 5.06 Å². The van der Waals surface area contributed by atoms with Crippen molar-refractivity contribution in [3.05, 3.63) is 30.3 Å². The van der Waals surface area contributed by atoms with Crippen molar-refractivity contribution in [3.63, 3.8) is 0 Å². The molecule has 0 bridgehead atoms. The zero-order valence-electron chi connectivity index (χ0n) is 8.37. The SMILES string of the molecule is O=C(O)CCN(Oc1ccccc1)C(=O)O. The van der Waals surface area contributed by atoms with Gasteiger partial charge in [0.15, 0.2) is 5.75 Å². The molecule has 0 spiro atoms. The highest BCUT2D eigenvalue weighted by Gasteiger charge is 2.15. The summed E-state index contributed by atoms with van der Waals surface area (Å²) in [6.45, 7) is -0.223. The number of amides is 1. The van der Waals surface area contributed by atoms with Crippen LogP contribution in [0.5, 0.6) is 5.75 Å². The average molecular weight is 225 g/mol. The lowest BCUT2D eigenvalue weighted by atomic mass is 10.3. The monoisotopic (exact) mass is 225 g/mol. The number of benzene rings is 1. The number of aliphatic carboxylic acids is 1. The summed E-state index contributed by atoms with van der Waals surface area (Å²) in [7, 11) is 0. The Bertz CT molecular complexity index is 365. The first-order valence-electron chi connectivity index (χ1n) is 4.55. The number of nitrogens with zero attached hydrogens (tertiary/aromatic N) is 1. The van der Waals surface area contributed by atoms with Crippen molar-refractivity contribution in [2.75, 3.05) is 6.54 Å². The van der Waals surface area contributed by atoms with Crippen LogP contribution >= 0.6 is 0 Å². The van der Waals surface area contributed by atoms with Gasteiger partial charge in [0.05, 0.1) is 13.0 Å². The van der Waals surface area contributed by atoms with Crippen LogP contribution in [-0.2, 0) is 4.79 Å². The summed E-state index contributed by atoms with van der Waals surface area (Å²) in [6.07, 6.45) is -1.64. The molecule has 0 fully saturated rings. The zero-order valence-corrected chi connectivity index (χ0v) is 8.37. The Morgan fingerprint density at radius 1 is 1.19 bits per heavy atom. The topological polar surface area (TPSA) is 87.1 Å². The maximum atomic E-state index is 10.7. The van der Waals surface area contributed by atoms with Gasteiger partial charge in [0.1, 0.15) is 0 Å². The minimum atomic E-state index is -1.33. The average Bonchev–Trinajstić information content (AvgIpc) is 2.25. The van der Waals surface area contributed by atoms with Crippen molar-refractivity contribution in [1.29, 1.82) is 0 Å². The third-order valence-electron chi connectivity index (χ3n) is 1.70. The first-order chi connectivity index (χ1) is 7.59. The summed E-state index contributed by atoms with van der Waals surface area (Å²) in [5.74, 6) is -0.738. The van der Waals surface area contributed by atoms with Crippen molar-refractivity contribution in [2.45, 2.75) is 6.42 Å². The number of hydroxylamine groups is 2. The summed E-state index contributed by atoms with van der Waals surface area (Å²) in [5, 5.41) is 17.8. The van der Waals surface area contributed by atoms with Crippen LogP contribution < -0.4 is 4.84 Å². The summed E-state index contributed by atoms with van der Waals surface area (Å²) in [6, 6.07) is 8.29. The van der Waals surface area contributed by atoms with Gasteiger partial charge in [-0.2, -0.15) is 0 Å². The van der Waals surface area contributed by atoms with Crippen LogP contribution in [0.3, 0.4) is 0 Å². The molecule has 1 aromatic carbocycles. The van der Waals surface area contributed by atoms with Crippen LogP contribution in [0.1, 0.15) is 6.42 Å². The second kappa shape index (κ2) is 5.59. The van der Waals surface area contributed by atoms with E-state index in [0.29, 0.717) is 10.8 Å². The molecular formula is C10H11NO5. The van der Waals surface area contributed by atoms with Gasteiger partial charge in [-0.25, -0.2) is 4.79 Å². The van der Waals surface area contributed by atoms with Crippen LogP contribution in [0.15, 0.2) is 30.3 Å². The van der Waals surface area contributed by atoms with E-state index in [2.05, 4.69) is 0 Å². The Labute approximate surface area is 91.6 Å². The molecule has 6 nitrogen and oxygen atoms in total. The quantitative estimate of drug-likeness (QED) is 0.740. The second-order valence-corrected chi connectivity index (χ2v) is 2.93. The molecule has 1 rings (SSSR count). The van der Waals surface area contributed by atoms with Gasteiger partial charge in [-0.05, 0) is 12.1 Å². The Balaban J connectivity index is 2.58. The number of carboxylic acid groups (broad SMARTS) is 2. The van der Waals surface area contributed by atoms with E-state index in [1.807, 2.05) is 0 Å². The van der Waals surface area contributed by atoms with E-state index in [4.69, 9.17) is 15.1 Å². The van der Waals surface area contributed by atoms with E-state index in [1.165, 1.54) is 0 Å². The Hall–Kier alpha value is -2.24. The number of hydrogen-bond donors (Lipinski definition) is 2. The van der Waals surface area contributed by atoms with E-state index >= 15 is 0 Å². The van der Waals surface area contributed by atoms with Crippen molar-refractivity contribution in [2.24, 2.45) is 0 Å². The van der Waals surface area contributed by atoms with E-state index in [1.54, 1.807) is 30.3 Å². The molecule has 1 aromatic rings. The molecule has 0 heterocycles. The molecule has 0 saturated heterocycles. The fourth-order valence-corrected chi connectivity index (χ4v) is 0.986. The molecule has 0 aliphatic heterocycles. The van der Waals surface area contributed by atoms with Gasteiger partial charge in [0.25, 0.3) is 0 Å². The number of rotatable bonds is 5. The summed E-state index contributed by atoms with van der Waals surface area (Å²) in [5.41, 5.74) is 0. The normalized spacial score (nSPS) is 9.50. The molecule has 16 heavy (non-hydrogen) atoms. The van der Waals surface area contributed by atoms with Crippen LogP contribution in [0.25, 0.3) is 0 Å². The molecule has 0 aromatic heterocycles. The third kappa shape index (κ3) is 3.87. The van der Waals surface area contributed by atoms with Gasteiger partial charge < -0.3 is 15.1 Å². The fraction of sp³-hybridized carbons (Fsp3) is 0.200. The number of carboxylic acids is 1. The molecule has 86 valence electrons. The van der Waals surface area contributed by atoms with Gasteiger partial charge >= 0.3 is 12.1 Å². The van der Waals surface area contributed by atoms with E-state index in [9.17, 15) is 9.59 Å². The van der Waals surface area contributed by atoms with Crippen LogP contribution in [0, 0.1) is 0 Å². The lowest BCUT2D eigenvalue weighted by Gasteiger charge is -2.18. The van der Waals surface area contributed by atoms with Gasteiger partial charge in [-0.3, -0.25) is 4.79 Å². The van der Waals surface area contributed by atoms with E-state index < -0.39 is 12.1 Å². The van der Waals surface area contributed by atoms with Gasteiger partial charge in [-0.1, -0.05) is 18.2 Å². The molecule has 0 unspecified atom stereocenters. The van der Waals surface area contributed by atoms with Crippen molar-refractivity contribution in [3.8, 4) is 5.75 Å². The van der Waals surface area contributed by atoms with Gasteiger partial charge in [0.2, 0.25) is 0 Å². The van der Waals surface area contributed by atoms with Crippen LogP contribution in [0.2, 0.25) is 0 Å². The lowest BCUT2D eigenvalue weighted by molar-refractivity contribution is -0.138. The lowest BCUT2D eigenvalue weighted by Crippen LogP contribution is -2.34. The Morgan fingerprint density at radius 2 is 1.81 bits per heavy atom. The van der Waals surface area contributed by atoms with E-state index in [-0.39, 0.29) is 13.0 Å². The predicted molar refractivity (Wildman–Crippen MR) is 54.1 cm³/mol. The molecule has 0 radical (unpaired) electrons. The number of carbonyl (C=O) groups is 2. The van der Waals surface area contributed by atoms with Gasteiger partial charge in [0, 0.05) is 0 Å². The van der Waals surface area contributed by atoms with E-state index in [0.717, 1.165) is 0 Å². The molecular weight excluding hydrogens is 214 g/mol. The van der Waals surface area contributed by atoms with Gasteiger partial charge in [-0.15, -0.1) is 5.06 Å². The minimum absolute atomic E-state index is 0.223. The molecule has 0 atom stereocenters. The summed E-state index contributed by atoms with van der Waals surface area (Å²) >= 11 is 0. The molecule has 6 heteroatoms. The highest BCUT2D eigenvalue weighted by atomic mass is 16.7. The zero-order chi connectivity index (χ0) is 12.0. The van der Waals surface area contributed by atoms with Crippen LogP contribution in [0.4, 0.5) is 4.79 Å².